The minimum Gasteiger partial charge on any atom is -0.399 e. The van der Waals surface area contributed by atoms with Crippen LogP contribution in [0.4, 0.5) is 5.69 Å². The topological polar surface area (TPSA) is 55.1 Å². The summed E-state index contributed by atoms with van der Waals surface area (Å²) in [5.41, 5.74) is 7.97. The lowest BCUT2D eigenvalue weighted by Gasteiger charge is -2.43. The van der Waals surface area contributed by atoms with Crippen LogP contribution in [0, 0.1) is 0 Å². The molecule has 3 N–H and O–H groups in total. The second-order valence-electron chi connectivity index (χ2n) is 5.38. The van der Waals surface area contributed by atoms with Crippen LogP contribution in [0.2, 0.25) is 0 Å². The van der Waals surface area contributed by atoms with Gasteiger partial charge in [0.25, 0.3) is 5.91 Å². The Morgan fingerprint density at radius 2 is 1.65 bits per heavy atom. The zero-order chi connectivity index (χ0) is 14.0. The maximum atomic E-state index is 12.4. The molecule has 1 aliphatic carbocycles. The molecule has 0 atom stereocenters. The first-order chi connectivity index (χ1) is 9.70. The summed E-state index contributed by atoms with van der Waals surface area (Å²) < 4.78 is 0. The van der Waals surface area contributed by atoms with Crippen LogP contribution >= 0.6 is 0 Å². The Kier molecular flexibility index (Phi) is 3.18. The standard InChI is InChI=1S/C17H18N2O/c18-15-9-7-13(8-10-15)16(20)19-17(11-4-12-17)14-5-2-1-3-6-14/h1-3,5-10H,4,11-12,18H2,(H,19,20). The minimum atomic E-state index is -0.195. The van der Waals surface area contributed by atoms with Crippen LogP contribution in [-0.4, -0.2) is 5.91 Å². The van der Waals surface area contributed by atoms with E-state index in [-0.39, 0.29) is 11.4 Å². The average molecular weight is 266 g/mol. The highest BCUT2D eigenvalue weighted by atomic mass is 16.1. The van der Waals surface area contributed by atoms with Crippen molar-refractivity contribution in [2.75, 3.05) is 5.73 Å². The number of nitrogens with one attached hydrogen (secondary N) is 1. The molecular weight excluding hydrogens is 248 g/mol. The van der Waals surface area contributed by atoms with Crippen LogP contribution in [0.3, 0.4) is 0 Å². The Labute approximate surface area is 118 Å². The quantitative estimate of drug-likeness (QED) is 0.839. The fraction of sp³-hybridized carbons (Fsp3) is 0.235. The van der Waals surface area contributed by atoms with E-state index in [2.05, 4.69) is 17.4 Å². The molecule has 0 bridgehead atoms. The van der Waals surface area contributed by atoms with Gasteiger partial charge in [-0.2, -0.15) is 0 Å². The number of amides is 1. The molecule has 0 aromatic heterocycles. The first-order valence-corrected chi connectivity index (χ1v) is 6.93. The number of carbonyl (C=O) groups excluding carboxylic acids is 1. The Morgan fingerprint density at radius 3 is 2.20 bits per heavy atom. The molecule has 1 fully saturated rings. The lowest BCUT2D eigenvalue weighted by Crippen LogP contribution is -2.50. The maximum Gasteiger partial charge on any atom is 0.251 e. The Balaban J connectivity index is 1.82. The lowest BCUT2D eigenvalue weighted by atomic mass is 9.71. The van der Waals surface area contributed by atoms with Crippen molar-refractivity contribution in [2.45, 2.75) is 24.8 Å². The summed E-state index contributed by atoms with van der Waals surface area (Å²) in [5, 5.41) is 3.20. The fourth-order valence-corrected chi connectivity index (χ4v) is 2.70. The number of hydrogen-bond donors (Lipinski definition) is 2. The minimum absolute atomic E-state index is 0.0337. The van der Waals surface area contributed by atoms with Crippen LogP contribution in [0.25, 0.3) is 0 Å². The van der Waals surface area contributed by atoms with Crippen molar-refractivity contribution < 1.29 is 4.79 Å². The van der Waals surface area contributed by atoms with Crippen LogP contribution < -0.4 is 11.1 Å². The van der Waals surface area contributed by atoms with Gasteiger partial charge in [0.05, 0.1) is 5.54 Å². The second kappa shape index (κ2) is 5.00. The van der Waals surface area contributed by atoms with Crippen LogP contribution in [0.1, 0.15) is 35.2 Å². The van der Waals surface area contributed by atoms with Gasteiger partial charge < -0.3 is 11.1 Å². The molecule has 0 unspecified atom stereocenters. The van der Waals surface area contributed by atoms with Crippen molar-refractivity contribution in [3.63, 3.8) is 0 Å². The monoisotopic (exact) mass is 266 g/mol. The van der Waals surface area contributed by atoms with Gasteiger partial charge in [0.1, 0.15) is 0 Å². The molecule has 0 heterocycles. The molecule has 2 aromatic rings. The third-order valence-electron chi connectivity index (χ3n) is 4.06. The van der Waals surface area contributed by atoms with Gasteiger partial charge in [-0.05, 0) is 49.1 Å². The highest BCUT2D eigenvalue weighted by molar-refractivity contribution is 5.95. The number of rotatable bonds is 3. The van der Waals surface area contributed by atoms with Gasteiger partial charge in [-0.1, -0.05) is 30.3 Å². The molecule has 0 aliphatic heterocycles. The maximum absolute atomic E-state index is 12.4. The second-order valence-corrected chi connectivity index (χ2v) is 5.38. The van der Waals surface area contributed by atoms with Crippen molar-refractivity contribution in [3.05, 3.63) is 65.7 Å². The molecular formula is C17H18N2O. The Hall–Kier alpha value is -2.29. The van der Waals surface area contributed by atoms with E-state index in [0.717, 1.165) is 19.3 Å². The van der Waals surface area contributed by atoms with Crippen LogP contribution in [-0.2, 0) is 5.54 Å². The molecule has 3 nitrogen and oxygen atoms in total. The van der Waals surface area contributed by atoms with Gasteiger partial charge in [0, 0.05) is 11.3 Å². The molecule has 2 aromatic carbocycles. The number of anilines is 1. The molecule has 20 heavy (non-hydrogen) atoms. The molecule has 3 heteroatoms. The predicted octanol–water partition coefficient (Wildman–Crippen LogP) is 3.08. The van der Waals surface area contributed by atoms with E-state index in [1.807, 2.05) is 18.2 Å². The molecule has 1 amide bonds. The summed E-state index contributed by atoms with van der Waals surface area (Å²) in [5.74, 6) is -0.0337. The Bertz CT molecular complexity index is 601. The van der Waals surface area contributed by atoms with E-state index in [1.165, 1.54) is 5.56 Å². The summed E-state index contributed by atoms with van der Waals surface area (Å²) in [7, 11) is 0. The van der Waals surface area contributed by atoms with Crippen molar-refractivity contribution in [1.29, 1.82) is 0 Å². The Morgan fingerprint density at radius 1 is 1.00 bits per heavy atom. The molecule has 102 valence electrons. The van der Waals surface area contributed by atoms with E-state index in [1.54, 1.807) is 24.3 Å². The predicted molar refractivity (Wildman–Crippen MR) is 80.3 cm³/mol. The number of hydrogen-bond acceptors (Lipinski definition) is 2. The molecule has 3 rings (SSSR count). The fourth-order valence-electron chi connectivity index (χ4n) is 2.70. The van der Waals surface area contributed by atoms with E-state index in [0.29, 0.717) is 11.3 Å². The van der Waals surface area contributed by atoms with Crippen LogP contribution in [0.5, 0.6) is 0 Å². The number of nitrogen functional groups attached to an aromatic ring is 1. The largest absolute Gasteiger partial charge is 0.399 e. The van der Waals surface area contributed by atoms with Crippen molar-refractivity contribution >= 4 is 11.6 Å². The molecule has 0 saturated heterocycles. The van der Waals surface area contributed by atoms with Gasteiger partial charge in [-0.3, -0.25) is 4.79 Å². The third-order valence-corrected chi connectivity index (χ3v) is 4.06. The number of nitrogens with two attached hydrogens (primary N) is 1. The summed E-state index contributed by atoms with van der Waals surface area (Å²) in [4.78, 5) is 12.4. The first-order valence-electron chi connectivity index (χ1n) is 6.93. The molecule has 0 spiro atoms. The lowest BCUT2D eigenvalue weighted by molar-refractivity contribution is 0.0823. The molecule has 1 aliphatic rings. The van der Waals surface area contributed by atoms with E-state index in [4.69, 9.17) is 5.73 Å². The van der Waals surface area contributed by atoms with Gasteiger partial charge in [0.15, 0.2) is 0 Å². The van der Waals surface area contributed by atoms with Gasteiger partial charge in [-0.15, -0.1) is 0 Å². The van der Waals surface area contributed by atoms with Crippen molar-refractivity contribution in [1.82, 2.24) is 5.32 Å². The number of carbonyl (C=O) groups is 1. The first kappa shape index (κ1) is 12.7. The van der Waals surface area contributed by atoms with Crippen LogP contribution in [0.15, 0.2) is 54.6 Å². The van der Waals surface area contributed by atoms with Crippen molar-refractivity contribution in [2.24, 2.45) is 0 Å². The summed E-state index contributed by atoms with van der Waals surface area (Å²) >= 11 is 0. The van der Waals surface area contributed by atoms with E-state index < -0.39 is 0 Å². The zero-order valence-corrected chi connectivity index (χ0v) is 11.3. The highest BCUT2D eigenvalue weighted by Gasteiger charge is 2.39. The summed E-state index contributed by atoms with van der Waals surface area (Å²) in [6.07, 6.45) is 3.15. The molecule has 1 saturated carbocycles. The smallest absolute Gasteiger partial charge is 0.251 e. The third kappa shape index (κ3) is 2.27. The van der Waals surface area contributed by atoms with Gasteiger partial charge >= 0.3 is 0 Å². The normalized spacial score (nSPS) is 16.2. The van der Waals surface area contributed by atoms with Gasteiger partial charge in [-0.25, -0.2) is 0 Å². The van der Waals surface area contributed by atoms with Gasteiger partial charge in [0.2, 0.25) is 0 Å². The summed E-state index contributed by atoms with van der Waals surface area (Å²) in [6.45, 7) is 0. The zero-order valence-electron chi connectivity index (χ0n) is 11.3. The highest BCUT2D eigenvalue weighted by Crippen LogP contribution is 2.41. The van der Waals surface area contributed by atoms with E-state index in [9.17, 15) is 4.79 Å². The number of benzene rings is 2. The SMILES string of the molecule is Nc1ccc(C(=O)NC2(c3ccccc3)CCC2)cc1. The average Bonchev–Trinajstić information content (AvgIpc) is 2.44. The van der Waals surface area contributed by atoms with Crippen molar-refractivity contribution in [3.8, 4) is 0 Å². The molecule has 0 radical (unpaired) electrons. The van der Waals surface area contributed by atoms with E-state index >= 15 is 0 Å². The summed E-state index contributed by atoms with van der Waals surface area (Å²) in [6, 6.07) is 17.2.